The monoisotopic (exact) mass is 243 g/mol. The summed E-state index contributed by atoms with van der Waals surface area (Å²) < 4.78 is 6.11. The number of hydrogen-bond acceptors (Lipinski definition) is 3. The smallest absolute Gasteiger partial charge is 0.185 e. The first-order valence-electron chi connectivity index (χ1n) is 5.37. The predicted molar refractivity (Wildman–Crippen MR) is 68.5 cm³/mol. The first kappa shape index (κ1) is 13.1. The van der Waals surface area contributed by atoms with E-state index < -0.39 is 13.9 Å². The maximum absolute atomic E-state index is 9.37. The molecule has 1 unspecified atom stereocenters. The number of nitriles is 1. The van der Waals surface area contributed by atoms with E-state index in [9.17, 15) is 5.26 Å². The standard InChI is InChI=1S/C11H21NOSSi/c1-10(2)6-11(7-12,9-14-8-10)13-15(3,4)5/h6,8-9H2,1-5H3. The summed E-state index contributed by atoms with van der Waals surface area (Å²) in [5.41, 5.74) is -0.310. The summed E-state index contributed by atoms with van der Waals surface area (Å²) >= 11 is 1.85. The van der Waals surface area contributed by atoms with Gasteiger partial charge in [-0.2, -0.15) is 17.0 Å². The molecule has 1 heterocycles. The average molecular weight is 243 g/mol. The van der Waals surface area contributed by atoms with Gasteiger partial charge in [0.25, 0.3) is 0 Å². The van der Waals surface area contributed by atoms with Gasteiger partial charge >= 0.3 is 0 Å². The van der Waals surface area contributed by atoms with Crippen LogP contribution in [0.2, 0.25) is 19.6 Å². The second-order valence-electron chi connectivity index (χ2n) is 6.15. The van der Waals surface area contributed by atoms with E-state index in [0.717, 1.165) is 17.9 Å². The Morgan fingerprint density at radius 1 is 1.27 bits per heavy atom. The van der Waals surface area contributed by atoms with Gasteiger partial charge in [-0.05, 0) is 37.2 Å². The highest BCUT2D eigenvalue weighted by molar-refractivity contribution is 7.99. The number of rotatable bonds is 2. The molecule has 4 heteroatoms. The van der Waals surface area contributed by atoms with E-state index in [1.807, 2.05) is 11.8 Å². The third-order valence-electron chi connectivity index (χ3n) is 2.30. The first-order valence-corrected chi connectivity index (χ1v) is 9.94. The van der Waals surface area contributed by atoms with E-state index in [-0.39, 0.29) is 5.41 Å². The second kappa shape index (κ2) is 4.12. The fourth-order valence-electron chi connectivity index (χ4n) is 2.11. The van der Waals surface area contributed by atoms with E-state index in [2.05, 4.69) is 39.6 Å². The predicted octanol–water partition coefficient (Wildman–Crippen LogP) is 3.26. The third kappa shape index (κ3) is 3.82. The fraction of sp³-hybridized carbons (Fsp3) is 0.909. The van der Waals surface area contributed by atoms with E-state index in [1.54, 1.807) is 0 Å². The van der Waals surface area contributed by atoms with E-state index >= 15 is 0 Å². The van der Waals surface area contributed by atoms with Crippen molar-refractivity contribution in [2.75, 3.05) is 11.5 Å². The van der Waals surface area contributed by atoms with Gasteiger partial charge < -0.3 is 4.43 Å². The van der Waals surface area contributed by atoms with Gasteiger partial charge in [0, 0.05) is 5.75 Å². The summed E-state index contributed by atoms with van der Waals surface area (Å²) in [5.74, 6) is 1.96. The molecule has 0 aliphatic carbocycles. The molecule has 0 aromatic carbocycles. The lowest BCUT2D eigenvalue weighted by Crippen LogP contribution is -2.49. The third-order valence-corrected chi connectivity index (χ3v) is 4.96. The van der Waals surface area contributed by atoms with Crippen LogP contribution in [0, 0.1) is 16.7 Å². The summed E-state index contributed by atoms with van der Waals surface area (Å²) in [4.78, 5) is 0. The summed E-state index contributed by atoms with van der Waals surface area (Å²) in [6, 6.07) is 2.42. The van der Waals surface area contributed by atoms with E-state index in [4.69, 9.17) is 4.43 Å². The largest absolute Gasteiger partial charge is 0.399 e. The van der Waals surface area contributed by atoms with Gasteiger partial charge in [0.2, 0.25) is 0 Å². The average Bonchev–Trinajstić information content (AvgIpc) is 1.99. The van der Waals surface area contributed by atoms with Crippen molar-refractivity contribution in [2.24, 2.45) is 5.41 Å². The molecule has 0 radical (unpaired) electrons. The Labute approximate surface area is 98.5 Å². The van der Waals surface area contributed by atoms with Gasteiger partial charge in [-0.25, -0.2) is 0 Å². The summed E-state index contributed by atoms with van der Waals surface area (Å²) in [6.45, 7) is 10.9. The van der Waals surface area contributed by atoms with Crippen molar-refractivity contribution in [1.82, 2.24) is 0 Å². The van der Waals surface area contributed by atoms with Crippen LogP contribution in [0.5, 0.6) is 0 Å². The van der Waals surface area contributed by atoms with Crippen molar-refractivity contribution in [3.63, 3.8) is 0 Å². The molecule has 0 N–H and O–H groups in total. The molecule has 1 aliphatic rings. The van der Waals surface area contributed by atoms with Crippen LogP contribution in [0.3, 0.4) is 0 Å². The quantitative estimate of drug-likeness (QED) is 0.698. The molecule has 1 saturated heterocycles. The van der Waals surface area contributed by atoms with Gasteiger partial charge in [-0.3, -0.25) is 0 Å². The Kier molecular flexibility index (Phi) is 3.59. The lowest BCUT2D eigenvalue weighted by molar-refractivity contribution is 0.0891. The van der Waals surface area contributed by atoms with E-state index in [0.29, 0.717) is 0 Å². The number of thioether (sulfide) groups is 1. The van der Waals surface area contributed by atoms with Crippen LogP contribution in [0.1, 0.15) is 20.3 Å². The van der Waals surface area contributed by atoms with Crippen molar-refractivity contribution in [2.45, 2.75) is 45.5 Å². The zero-order valence-corrected chi connectivity index (χ0v) is 12.2. The first-order chi connectivity index (χ1) is 6.68. The van der Waals surface area contributed by atoms with Crippen LogP contribution in [-0.4, -0.2) is 25.4 Å². The van der Waals surface area contributed by atoms with E-state index in [1.165, 1.54) is 0 Å². The highest BCUT2D eigenvalue weighted by Gasteiger charge is 2.44. The fourth-order valence-corrected chi connectivity index (χ4v) is 4.89. The van der Waals surface area contributed by atoms with Gasteiger partial charge in [0.05, 0.1) is 6.07 Å². The molecule has 0 spiro atoms. The molecule has 86 valence electrons. The topological polar surface area (TPSA) is 33.0 Å². The normalized spacial score (nSPS) is 30.9. The molecule has 15 heavy (non-hydrogen) atoms. The van der Waals surface area contributed by atoms with Gasteiger partial charge in [0.15, 0.2) is 13.9 Å². The summed E-state index contributed by atoms with van der Waals surface area (Å²) in [5, 5.41) is 9.37. The number of hydrogen-bond donors (Lipinski definition) is 0. The molecular weight excluding hydrogens is 222 g/mol. The Balaban J connectivity index is 2.82. The second-order valence-corrected chi connectivity index (χ2v) is 11.6. The molecular formula is C11H21NOSSi. The highest BCUT2D eigenvalue weighted by atomic mass is 32.2. The molecule has 1 atom stereocenters. The zero-order chi connectivity index (χ0) is 11.7. The minimum Gasteiger partial charge on any atom is -0.399 e. The summed E-state index contributed by atoms with van der Waals surface area (Å²) in [6.07, 6.45) is 0.869. The lowest BCUT2D eigenvalue weighted by Gasteiger charge is -2.43. The molecule has 1 aliphatic heterocycles. The molecule has 2 nitrogen and oxygen atoms in total. The molecule has 0 bridgehead atoms. The van der Waals surface area contributed by atoms with Crippen LogP contribution in [-0.2, 0) is 4.43 Å². The van der Waals surface area contributed by atoms with Crippen LogP contribution < -0.4 is 0 Å². The zero-order valence-electron chi connectivity index (χ0n) is 10.4. The van der Waals surface area contributed by atoms with Gasteiger partial charge in [-0.15, -0.1) is 0 Å². The molecule has 0 aromatic rings. The molecule has 1 rings (SSSR count). The minimum absolute atomic E-state index is 0.221. The van der Waals surface area contributed by atoms with Crippen molar-refractivity contribution >= 4 is 20.1 Å². The molecule has 0 amide bonds. The summed E-state index contributed by atoms with van der Waals surface area (Å²) in [7, 11) is -1.64. The van der Waals surface area contributed by atoms with Gasteiger partial charge in [0.1, 0.15) is 0 Å². The maximum atomic E-state index is 9.37. The Morgan fingerprint density at radius 2 is 1.87 bits per heavy atom. The van der Waals surface area contributed by atoms with Crippen LogP contribution >= 0.6 is 11.8 Å². The maximum Gasteiger partial charge on any atom is 0.185 e. The SMILES string of the molecule is CC1(C)CSCC(C#N)(O[Si](C)(C)C)C1. The Bertz CT molecular complexity index is 275. The van der Waals surface area contributed by atoms with Crippen molar-refractivity contribution < 1.29 is 4.43 Å². The van der Waals surface area contributed by atoms with Gasteiger partial charge in [-0.1, -0.05) is 13.8 Å². The molecule has 0 aromatic heterocycles. The minimum atomic E-state index is -1.64. The van der Waals surface area contributed by atoms with Crippen LogP contribution in [0.15, 0.2) is 0 Å². The lowest BCUT2D eigenvalue weighted by atomic mass is 9.83. The Morgan fingerprint density at radius 3 is 2.27 bits per heavy atom. The van der Waals surface area contributed by atoms with Crippen molar-refractivity contribution in [3.05, 3.63) is 0 Å². The van der Waals surface area contributed by atoms with Crippen molar-refractivity contribution in [3.8, 4) is 6.07 Å². The molecule has 0 saturated carbocycles. The van der Waals surface area contributed by atoms with Crippen LogP contribution in [0.4, 0.5) is 0 Å². The van der Waals surface area contributed by atoms with Crippen LogP contribution in [0.25, 0.3) is 0 Å². The number of nitrogens with zero attached hydrogens (tertiary/aromatic N) is 1. The molecule has 1 fully saturated rings. The van der Waals surface area contributed by atoms with Crippen molar-refractivity contribution in [1.29, 1.82) is 5.26 Å². The Hall–Kier alpha value is 0.0169. The highest BCUT2D eigenvalue weighted by Crippen LogP contribution is 2.41.